The van der Waals surface area contributed by atoms with Gasteiger partial charge in [0.1, 0.15) is 23.1 Å². The van der Waals surface area contributed by atoms with Crippen molar-refractivity contribution in [2.24, 2.45) is 0 Å². The van der Waals surface area contributed by atoms with E-state index in [4.69, 9.17) is 9.47 Å². The first-order chi connectivity index (χ1) is 13.0. The number of rotatable bonds is 4. The number of hydrogen-bond donors (Lipinski definition) is 0. The minimum atomic E-state index is -0.344. The zero-order valence-electron chi connectivity index (χ0n) is 15.7. The fourth-order valence-electron chi connectivity index (χ4n) is 3.83. The first kappa shape index (κ1) is 16.4. The Balaban J connectivity index is 1.43. The molecule has 0 aliphatic carbocycles. The Labute approximate surface area is 158 Å². The van der Waals surface area contributed by atoms with E-state index in [1.165, 1.54) is 5.56 Å². The minimum absolute atomic E-state index is 0.0600. The molecule has 1 saturated heterocycles. The summed E-state index contributed by atoms with van der Waals surface area (Å²) in [7, 11) is 0. The van der Waals surface area contributed by atoms with E-state index in [2.05, 4.69) is 54.5 Å². The molecule has 27 heavy (non-hydrogen) atoms. The number of nitrogens with zero attached hydrogens (tertiary/aromatic N) is 4. The SMILES string of the molecule is CC1(C)Oc2ccc(-c3nnnn3CCc3ccccc3)cc2[C@@H]2O[C@@]21C. The van der Waals surface area contributed by atoms with Crippen LogP contribution in [0.15, 0.2) is 48.5 Å². The molecule has 0 N–H and O–H groups in total. The number of ether oxygens (including phenoxy) is 2. The van der Waals surface area contributed by atoms with Crippen molar-refractivity contribution in [3.8, 4) is 17.1 Å². The second kappa shape index (κ2) is 5.63. The predicted molar refractivity (Wildman–Crippen MR) is 100 cm³/mol. The van der Waals surface area contributed by atoms with Gasteiger partial charge in [-0.1, -0.05) is 30.3 Å². The number of epoxide rings is 1. The molecule has 0 radical (unpaired) electrons. The van der Waals surface area contributed by atoms with E-state index >= 15 is 0 Å². The van der Waals surface area contributed by atoms with Crippen molar-refractivity contribution in [3.05, 3.63) is 59.7 Å². The van der Waals surface area contributed by atoms with Crippen LogP contribution >= 0.6 is 0 Å². The summed E-state index contributed by atoms with van der Waals surface area (Å²) in [5.41, 5.74) is 2.70. The highest BCUT2D eigenvalue weighted by molar-refractivity contribution is 5.61. The summed E-state index contributed by atoms with van der Waals surface area (Å²) in [6.07, 6.45) is 0.940. The average Bonchev–Trinajstić information content (AvgIpc) is 3.17. The Morgan fingerprint density at radius 1 is 1.07 bits per heavy atom. The molecule has 6 nitrogen and oxygen atoms in total. The Bertz CT molecular complexity index is 998. The topological polar surface area (TPSA) is 65.4 Å². The van der Waals surface area contributed by atoms with Gasteiger partial charge in [-0.2, -0.15) is 0 Å². The van der Waals surface area contributed by atoms with Crippen molar-refractivity contribution in [1.29, 1.82) is 0 Å². The van der Waals surface area contributed by atoms with E-state index < -0.39 is 0 Å². The molecule has 3 heterocycles. The van der Waals surface area contributed by atoms with Crippen molar-refractivity contribution >= 4 is 0 Å². The molecule has 3 aromatic rings. The van der Waals surface area contributed by atoms with Crippen LogP contribution in [-0.4, -0.2) is 31.4 Å². The lowest BCUT2D eigenvalue weighted by molar-refractivity contribution is 0.0242. The van der Waals surface area contributed by atoms with Crippen LogP contribution in [0.4, 0.5) is 0 Å². The fraction of sp³-hybridized carbons (Fsp3) is 0.381. The number of benzene rings is 2. The number of fused-ring (bicyclic) bond motifs is 3. The molecule has 2 aliphatic heterocycles. The van der Waals surface area contributed by atoms with Crippen LogP contribution in [0.1, 0.15) is 38.0 Å². The Morgan fingerprint density at radius 3 is 2.70 bits per heavy atom. The lowest BCUT2D eigenvalue weighted by atomic mass is 9.83. The van der Waals surface area contributed by atoms with E-state index in [0.717, 1.165) is 35.7 Å². The summed E-state index contributed by atoms with van der Waals surface area (Å²) < 4.78 is 14.1. The zero-order valence-corrected chi connectivity index (χ0v) is 15.7. The molecule has 2 aromatic carbocycles. The summed E-state index contributed by atoms with van der Waals surface area (Å²) >= 11 is 0. The molecule has 0 saturated carbocycles. The number of tetrazole rings is 1. The van der Waals surface area contributed by atoms with Gasteiger partial charge in [0.15, 0.2) is 5.82 Å². The van der Waals surface area contributed by atoms with Crippen molar-refractivity contribution in [3.63, 3.8) is 0 Å². The van der Waals surface area contributed by atoms with Gasteiger partial charge in [-0.3, -0.25) is 0 Å². The molecule has 2 aliphatic rings. The molecule has 0 unspecified atom stereocenters. The monoisotopic (exact) mass is 362 g/mol. The van der Waals surface area contributed by atoms with Crippen LogP contribution in [0.2, 0.25) is 0 Å². The van der Waals surface area contributed by atoms with E-state index in [0.29, 0.717) is 0 Å². The van der Waals surface area contributed by atoms with Gasteiger partial charge in [0.2, 0.25) is 0 Å². The molecule has 138 valence electrons. The molecule has 0 bridgehead atoms. The quantitative estimate of drug-likeness (QED) is 0.664. The van der Waals surface area contributed by atoms with Crippen molar-refractivity contribution in [2.75, 3.05) is 0 Å². The second-order valence-corrected chi connectivity index (χ2v) is 7.93. The summed E-state index contributed by atoms with van der Waals surface area (Å²) in [4.78, 5) is 0. The molecule has 0 amide bonds. The molecule has 1 aromatic heterocycles. The molecule has 6 heteroatoms. The summed E-state index contributed by atoms with van der Waals surface area (Å²) in [5, 5.41) is 12.3. The lowest BCUT2D eigenvalue weighted by Gasteiger charge is -2.35. The maximum absolute atomic E-state index is 6.20. The van der Waals surface area contributed by atoms with E-state index in [1.807, 2.05) is 35.0 Å². The van der Waals surface area contributed by atoms with Gasteiger partial charge in [0, 0.05) is 17.7 Å². The highest BCUT2D eigenvalue weighted by Gasteiger charge is 2.67. The largest absolute Gasteiger partial charge is 0.484 e. The Kier molecular flexibility index (Phi) is 3.43. The zero-order chi connectivity index (χ0) is 18.6. The van der Waals surface area contributed by atoms with Gasteiger partial charge in [-0.05, 0) is 61.4 Å². The van der Waals surface area contributed by atoms with Crippen molar-refractivity contribution < 1.29 is 9.47 Å². The highest BCUT2D eigenvalue weighted by atomic mass is 16.7. The molecular weight excluding hydrogens is 340 g/mol. The van der Waals surface area contributed by atoms with Gasteiger partial charge >= 0.3 is 0 Å². The summed E-state index contributed by atoms with van der Waals surface area (Å²) in [6, 6.07) is 16.5. The first-order valence-electron chi connectivity index (χ1n) is 9.29. The second-order valence-electron chi connectivity index (χ2n) is 7.93. The van der Waals surface area contributed by atoms with E-state index in [-0.39, 0.29) is 17.3 Å². The van der Waals surface area contributed by atoms with Gasteiger partial charge < -0.3 is 9.47 Å². The van der Waals surface area contributed by atoms with Crippen LogP contribution in [-0.2, 0) is 17.7 Å². The summed E-state index contributed by atoms with van der Waals surface area (Å²) in [6.45, 7) is 6.99. The molecule has 2 atom stereocenters. The third-order valence-corrected chi connectivity index (χ3v) is 5.90. The van der Waals surface area contributed by atoms with Crippen molar-refractivity contribution in [2.45, 2.75) is 51.0 Å². The van der Waals surface area contributed by atoms with Gasteiger partial charge in [0.25, 0.3) is 0 Å². The molecular formula is C21H22N4O2. The minimum Gasteiger partial charge on any atom is -0.484 e. The van der Waals surface area contributed by atoms with Gasteiger partial charge in [-0.25, -0.2) is 4.68 Å². The third-order valence-electron chi connectivity index (χ3n) is 5.90. The average molecular weight is 362 g/mol. The maximum Gasteiger partial charge on any atom is 0.182 e. The van der Waals surface area contributed by atoms with E-state index in [1.54, 1.807) is 0 Å². The predicted octanol–water partition coefficient (Wildman–Crippen LogP) is 3.58. The van der Waals surface area contributed by atoms with Crippen LogP contribution in [0.25, 0.3) is 11.4 Å². The smallest absolute Gasteiger partial charge is 0.182 e. The van der Waals surface area contributed by atoms with Crippen LogP contribution < -0.4 is 4.74 Å². The Morgan fingerprint density at radius 2 is 1.89 bits per heavy atom. The number of hydrogen-bond acceptors (Lipinski definition) is 5. The summed E-state index contributed by atoms with van der Waals surface area (Å²) in [5.74, 6) is 1.65. The maximum atomic E-state index is 6.20. The standard InChI is InChI=1S/C21H22N4O2/c1-20(2)21(3)18(27-21)16-13-15(9-10-17(16)26-20)19-22-23-24-25(19)12-11-14-7-5-4-6-8-14/h4-10,13,18H,11-12H2,1-3H3/t18-,21-/m0/s1. The highest BCUT2D eigenvalue weighted by Crippen LogP contribution is 2.62. The Hall–Kier alpha value is -2.73. The lowest BCUT2D eigenvalue weighted by Crippen LogP contribution is -2.45. The van der Waals surface area contributed by atoms with E-state index in [9.17, 15) is 0 Å². The fourth-order valence-corrected chi connectivity index (χ4v) is 3.83. The molecule has 5 rings (SSSR count). The van der Waals surface area contributed by atoms with Gasteiger partial charge in [-0.15, -0.1) is 5.10 Å². The molecule has 1 fully saturated rings. The van der Waals surface area contributed by atoms with Gasteiger partial charge in [0.05, 0.1) is 0 Å². The normalized spacial score (nSPS) is 24.6. The van der Waals surface area contributed by atoms with Crippen LogP contribution in [0.3, 0.4) is 0 Å². The molecule has 0 spiro atoms. The van der Waals surface area contributed by atoms with Crippen molar-refractivity contribution in [1.82, 2.24) is 20.2 Å². The van der Waals surface area contributed by atoms with Crippen LogP contribution in [0, 0.1) is 0 Å². The number of aromatic nitrogens is 4. The first-order valence-corrected chi connectivity index (χ1v) is 9.29. The number of aryl methyl sites for hydroxylation is 2. The third kappa shape index (κ3) is 2.55. The van der Waals surface area contributed by atoms with Crippen LogP contribution in [0.5, 0.6) is 5.75 Å².